The van der Waals surface area contributed by atoms with Crippen LogP contribution in [0.25, 0.3) is 21.9 Å². The van der Waals surface area contributed by atoms with E-state index in [2.05, 4.69) is 27.0 Å². The molecule has 4 aromatic rings. The number of likely N-dealkylation sites (tertiary alicyclic amines) is 1. The lowest BCUT2D eigenvalue weighted by molar-refractivity contribution is -0.105. The molecule has 3 heterocycles. The first-order chi connectivity index (χ1) is 15.9. The Morgan fingerprint density at radius 1 is 0.909 bits per heavy atom. The van der Waals surface area contributed by atoms with Crippen molar-refractivity contribution in [3.05, 3.63) is 59.7 Å². The minimum atomic E-state index is -4.29. The SMILES string of the molecule is Nc1nc2ccccc2c2c1nc(SCC(F)(F)F)n2Cc1ccc(CN2CCCC2)cc1. The summed E-state index contributed by atoms with van der Waals surface area (Å²) in [5, 5.41) is 1.10. The molecule has 0 radical (unpaired) electrons. The van der Waals surface area contributed by atoms with E-state index in [9.17, 15) is 13.2 Å². The molecule has 1 saturated heterocycles. The van der Waals surface area contributed by atoms with Crippen molar-refractivity contribution in [1.29, 1.82) is 0 Å². The molecule has 9 heteroatoms. The van der Waals surface area contributed by atoms with E-state index >= 15 is 0 Å². The zero-order valence-electron chi connectivity index (χ0n) is 18.0. The number of halogens is 3. The van der Waals surface area contributed by atoms with Gasteiger partial charge in [0.15, 0.2) is 11.0 Å². The molecule has 2 aromatic heterocycles. The molecule has 0 bridgehead atoms. The van der Waals surface area contributed by atoms with E-state index in [0.717, 1.165) is 30.6 Å². The van der Waals surface area contributed by atoms with Gasteiger partial charge >= 0.3 is 6.18 Å². The maximum Gasteiger partial charge on any atom is 0.398 e. The minimum Gasteiger partial charge on any atom is -0.382 e. The first-order valence-electron chi connectivity index (χ1n) is 10.9. The number of nitrogen functional groups attached to an aromatic ring is 1. The Hall–Kier alpha value is -2.78. The minimum absolute atomic E-state index is 0.220. The van der Waals surface area contributed by atoms with Crippen molar-refractivity contribution in [2.75, 3.05) is 24.6 Å². The predicted molar refractivity (Wildman–Crippen MR) is 126 cm³/mol. The van der Waals surface area contributed by atoms with Crippen LogP contribution in [0.1, 0.15) is 24.0 Å². The Bertz CT molecular complexity index is 1280. The average molecular weight is 472 g/mol. The van der Waals surface area contributed by atoms with Crippen molar-refractivity contribution >= 4 is 39.5 Å². The maximum absolute atomic E-state index is 13.0. The standard InChI is InChI=1S/C24H24F3N5S/c25-24(26,27)15-33-23-30-20-21(18-5-1-2-6-19(18)29-22(20)28)32(23)14-17-9-7-16(8-10-17)13-31-11-3-4-12-31/h1-2,5-10H,3-4,11-15H2,(H2,28,29). The van der Waals surface area contributed by atoms with Crippen LogP contribution in [0.5, 0.6) is 0 Å². The highest BCUT2D eigenvalue weighted by atomic mass is 32.2. The van der Waals surface area contributed by atoms with Crippen LogP contribution in [0.15, 0.2) is 53.7 Å². The molecule has 5 rings (SSSR count). The van der Waals surface area contributed by atoms with Crippen LogP contribution in [0.4, 0.5) is 19.0 Å². The van der Waals surface area contributed by atoms with Crippen LogP contribution in [0.2, 0.25) is 0 Å². The third kappa shape index (κ3) is 4.79. The summed E-state index contributed by atoms with van der Waals surface area (Å²) in [6.07, 6.45) is -1.80. The van der Waals surface area contributed by atoms with Crippen molar-refractivity contribution in [2.45, 2.75) is 37.3 Å². The van der Waals surface area contributed by atoms with Gasteiger partial charge in [-0.1, -0.05) is 54.2 Å². The van der Waals surface area contributed by atoms with Gasteiger partial charge in [-0.3, -0.25) is 4.90 Å². The van der Waals surface area contributed by atoms with Gasteiger partial charge in [0.25, 0.3) is 0 Å². The van der Waals surface area contributed by atoms with Gasteiger partial charge < -0.3 is 10.3 Å². The number of pyridine rings is 1. The summed E-state index contributed by atoms with van der Waals surface area (Å²) in [4.78, 5) is 11.3. The van der Waals surface area contributed by atoms with Gasteiger partial charge in [0, 0.05) is 11.9 Å². The Morgan fingerprint density at radius 3 is 2.27 bits per heavy atom. The molecular weight excluding hydrogens is 447 g/mol. The number of benzene rings is 2. The zero-order valence-corrected chi connectivity index (χ0v) is 18.8. The smallest absolute Gasteiger partial charge is 0.382 e. The quantitative estimate of drug-likeness (QED) is 0.378. The Labute approximate surface area is 193 Å². The number of nitrogens with two attached hydrogens (primary N) is 1. The van der Waals surface area contributed by atoms with Crippen LogP contribution in [-0.4, -0.2) is 44.5 Å². The van der Waals surface area contributed by atoms with Crippen molar-refractivity contribution in [1.82, 2.24) is 19.4 Å². The van der Waals surface area contributed by atoms with E-state index in [1.54, 1.807) is 0 Å². The summed E-state index contributed by atoms with van der Waals surface area (Å²) >= 11 is 0.678. The fraction of sp³-hybridized carbons (Fsp3) is 0.333. The van der Waals surface area contributed by atoms with Crippen LogP contribution in [-0.2, 0) is 13.1 Å². The van der Waals surface area contributed by atoms with E-state index in [0.29, 0.717) is 34.9 Å². The maximum atomic E-state index is 13.0. The van der Waals surface area contributed by atoms with Crippen molar-refractivity contribution < 1.29 is 13.2 Å². The lowest BCUT2D eigenvalue weighted by Gasteiger charge is -2.15. The van der Waals surface area contributed by atoms with Gasteiger partial charge in [0.2, 0.25) is 0 Å². The highest BCUT2D eigenvalue weighted by Gasteiger charge is 2.29. The molecule has 0 aliphatic carbocycles. The predicted octanol–water partition coefficient (Wildman–Crippen LogP) is 5.47. The van der Waals surface area contributed by atoms with Gasteiger partial charge in [-0.25, -0.2) is 9.97 Å². The number of nitrogens with zero attached hydrogens (tertiary/aromatic N) is 4. The van der Waals surface area contributed by atoms with Crippen molar-refractivity contribution in [2.24, 2.45) is 0 Å². The highest BCUT2D eigenvalue weighted by Crippen LogP contribution is 2.34. The van der Waals surface area contributed by atoms with E-state index in [1.165, 1.54) is 18.4 Å². The first kappa shape index (κ1) is 22.0. The van der Waals surface area contributed by atoms with Crippen molar-refractivity contribution in [3.8, 4) is 0 Å². The number of thioether (sulfide) groups is 1. The molecule has 0 unspecified atom stereocenters. The Kier molecular flexibility index (Phi) is 5.92. The molecule has 2 N–H and O–H groups in total. The van der Waals surface area contributed by atoms with Gasteiger partial charge in [0.1, 0.15) is 5.52 Å². The number of hydrogen-bond donors (Lipinski definition) is 1. The average Bonchev–Trinajstić information content (AvgIpc) is 3.42. The second-order valence-corrected chi connectivity index (χ2v) is 9.34. The fourth-order valence-electron chi connectivity index (χ4n) is 4.37. The number of aromatic nitrogens is 3. The van der Waals surface area contributed by atoms with Gasteiger partial charge in [-0.05, 0) is 43.1 Å². The first-order valence-corrected chi connectivity index (χ1v) is 11.9. The summed E-state index contributed by atoms with van der Waals surface area (Å²) in [5.41, 5.74) is 10.2. The summed E-state index contributed by atoms with van der Waals surface area (Å²) in [6.45, 7) is 3.58. The summed E-state index contributed by atoms with van der Waals surface area (Å²) in [6, 6.07) is 15.8. The molecule has 5 nitrogen and oxygen atoms in total. The van der Waals surface area contributed by atoms with Crippen LogP contribution < -0.4 is 5.73 Å². The molecule has 172 valence electrons. The summed E-state index contributed by atoms with van der Waals surface area (Å²) in [7, 11) is 0. The summed E-state index contributed by atoms with van der Waals surface area (Å²) in [5.74, 6) is -0.798. The molecule has 0 spiro atoms. The molecule has 2 aromatic carbocycles. The number of fused-ring (bicyclic) bond motifs is 3. The van der Waals surface area contributed by atoms with Gasteiger partial charge in [-0.15, -0.1) is 0 Å². The molecule has 1 fully saturated rings. The Balaban J connectivity index is 1.53. The van der Waals surface area contributed by atoms with Crippen molar-refractivity contribution in [3.63, 3.8) is 0 Å². The summed E-state index contributed by atoms with van der Waals surface area (Å²) < 4.78 is 40.8. The normalized spacial score (nSPS) is 15.1. The number of hydrogen-bond acceptors (Lipinski definition) is 5. The number of imidazole rings is 1. The lowest BCUT2D eigenvalue weighted by Crippen LogP contribution is -2.18. The largest absolute Gasteiger partial charge is 0.398 e. The Morgan fingerprint density at radius 2 is 1.58 bits per heavy atom. The number of para-hydroxylation sites is 1. The van der Waals surface area contributed by atoms with Crippen LogP contribution in [0, 0.1) is 0 Å². The van der Waals surface area contributed by atoms with Crippen LogP contribution in [0.3, 0.4) is 0 Å². The molecule has 0 atom stereocenters. The topological polar surface area (TPSA) is 60.0 Å². The fourth-order valence-corrected chi connectivity index (χ4v) is 5.13. The third-order valence-electron chi connectivity index (χ3n) is 5.91. The second kappa shape index (κ2) is 8.87. The second-order valence-electron chi connectivity index (χ2n) is 8.40. The highest BCUT2D eigenvalue weighted by molar-refractivity contribution is 7.99. The molecular formula is C24H24F3N5S. The molecule has 1 aliphatic heterocycles. The van der Waals surface area contributed by atoms with Gasteiger partial charge in [-0.2, -0.15) is 13.2 Å². The van der Waals surface area contributed by atoms with E-state index < -0.39 is 11.9 Å². The number of alkyl halides is 3. The zero-order chi connectivity index (χ0) is 23.0. The van der Waals surface area contributed by atoms with E-state index in [1.807, 2.05) is 41.0 Å². The molecule has 1 aliphatic rings. The monoisotopic (exact) mass is 471 g/mol. The number of anilines is 1. The lowest BCUT2D eigenvalue weighted by atomic mass is 10.1. The molecule has 0 saturated carbocycles. The van der Waals surface area contributed by atoms with E-state index in [-0.39, 0.29) is 11.0 Å². The van der Waals surface area contributed by atoms with Crippen LogP contribution >= 0.6 is 11.8 Å². The number of rotatable bonds is 6. The third-order valence-corrected chi connectivity index (χ3v) is 6.95. The van der Waals surface area contributed by atoms with E-state index in [4.69, 9.17) is 5.73 Å². The molecule has 0 amide bonds. The van der Waals surface area contributed by atoms with Gasteiger partial charge in [0.05, 0.1) is 23.3 Å². The molecule has 33 heavy (non-hydrogen) atoms.